The molecule has 0 bridgehead atoms. The van der Waals surface area contributed by atoms with Crippen LogP contribution in [0.1, 0.15) is 6.92 Å². The van der Waals surface area contributed by atoms with E-state index in [-0.39, 0.29) is 80.9 Å². The van der Waals surface area contributed by atoms with Crippen molar-refractivity contribution >= 4 is 35.5 Å². The van der Waals surface area contributed by atoms with Crippen molar-refractivity contribution in [1.29, 1.82) is 0 Å². The van der Waals surface area contributed by atoms with Crippen molar-refractivity contribution in [3.05, 3.63) is 0 Å². The minimum absolute atomic E-state index is 0. The number of carboxylic acid groups (broad SMARTS) is 1. The number of aliphatic hydroxyl groups excluding tert-OH is 1. The zero-order valence-electron chi connectivity index (χ0n) is 4.34. The van der Waals surface area contributed by atoms with Crippen LogP contribution in [0.3, 0.4) is 0 Å². The van der Waals surface area contributed by atoms with Gasteiger partial charge >= 0.3 is 80.9 Å². The maximum atomic E-state index is 9.34. The molecule has 0 aromatic carbocycles. The number of carbonyl (C=O) groups is 1. The molecule has 0 rings (SSSR count). The number of carboxylic acids is 1. The topological polar surface area (TPSA) is 60.4 Å². The fourth-order valence-corrected chi connectivity index (χ4v) is 0. The standard InChI is InChI=1S/C3H6O3.K.Na.H/c1-2(4)3(5)6;;;/h2,4H,1H3,(H,5,6);;;/q;+1;;/p-1. The second-order valence-electron chi connectivity index (χ2n) is 0.995. The van der Waals surface area contributed by atoms with Gasteiger partial charge in [-0.2, -0.15) is 0 Å². The summed E-state index contributed by atoms with van der Waals surface area (Å²) in [5, 5.41) is 17.3. The first kappa shape index (κ1) is 16.6. The Balaban J connectivity index is -0.000000125. The number of carbonyl (C=O) groups excluding carboxylic acids is 1. The van der Waals surface area contributed by atoms with Crippen LogP contribution in [0.15, 0.2) is 0 Å². The van der Waals surface area contributed by atoms with Crippen LogP contribution in [-0.4, -0.2) is 46.7 Å². The molecular formula is C3H6KNaO3. The van der Waals surface area contributed by atoms with Crippen LogP contribution in [0, 0.1) is 0 Å². The van der Waals surface area contributed by atoms with E-state index in [4.69, 9.17) is 5.11 Å². The molecule has 8 heavy (non-hydrogen) atoms. The average molecular weight is 152 g/mol. The van der Waals surface area contributed by atoms with Crippen LogP contribution in [-0.2, 0) is 4.79 Å². The van der Waals surface area contributed by atoms with E-state index in [1.54, 1.807) is 0 Å². The molecule has 1 N–H and O–H groups in total. The number of aliphatic hydroxyl groups is 1. The summed E-state index contributed by atoms with van der Waals surface area (Å²) in [6.07, 6.45) is -1.34. The molecule has 3 nitrogen and oxygen atoms in total. The Labute approximate surface area is 113 Å². The zero-order valence-corrected chi connectivity index (χ0v) is 7.46. The van der Waals surface area contributed by atoms with Crippen molar-refractivity contribution in [2.75, 3.05) is 0 Å². The fourth-order valence-electron chi connectivity index (χ4n) is 0. The monoisotopic (exact) mass is 152 g/mol. The van der Waals surface area contributed by atoms with Gasteiger partial charge in [0.2, 0.25) is 0 Å². The molecular weight excluding hydrogens is 146 g/mol. The number of hydrogen-bond acceptors (Lipinski definition) is 3. The third-order valence-electron chi connectivity index (χ3n) is 0.341. The molecule has 1 unspecified atom stereocenters. The summed E-state index contributed by atoms with van der Waals surface area (Å²) in [5.41, 5.74) is 0. The molecule has 5 heteroatoms. The molecule has 0 fully saturated rings. The Hall–Kier alpha value is 2.07. The molecule has 0 saturated heterocycles. The van der Waals surface area contributed by atoms with E-state index in [0.717, 1.165) is 6.92 Å². The van der Waals surface area contributed by atoms with E-state index in [0.29, 0.717) is 0 Å². The van der Waals surface area contributed by atoms with Gasteiger partial charge in [0.1, 0.15) is 0 Å². The van der Waals surface area contributed by atoms with E-state index in [1.165, 1.54) is 0 Å². The Morgan fingerprint density at radius 1 is 1.75 bits per heavy atom. The van der Waals surface area contributed by atoms with Crippen molar-refractivity contribution in [2.45, 2.75) is 13.0 Å². The number of rotatable bonds is 1. The predicted molar refractivity (Wildman–Crippen MR) is 23.8 cm³/mol. The molecule has 0 amide bonds. The average Bonchev–Trinajstić information content (AvgIpc) is 1.36. The zero-order chi connectivity index (χ0) is 5.15. The summed E-state index contributed by atoms with van der Waals surface area (Å²) < 4.78 is 0. The van der Waals surface area contributed by atoms with Gasteiger partial charge in [-0.15, -0.1) is 0 Å². The van der Waals surface area contributed by atoms with Gasteiger partial charge in [-0.05, 0) is 6.92 Å². The van der Waals surface area contributed by atoms with Gasteiger partial charge in [0, 0.05) is 0 Å². The number of hydrogen-bond donors (Lipinski definition) is 1. The van der Waals surface area contributed by atoms with Gasteiger partial charge in [-0.3, -0.25) is 0 Å². The molecule has 0 heterocycles. The maximum absolute atomic E-state index is 9.34. The van der Waals surface area contributed by atoms with Gasteiger partial charge < -0.3 is 15.0 Å². The molecule has 0 aliphatic heterocycles. The minimum atomic E-state index is -1.44. The third-order valence-corrected chi connectivity index (χ3v) is 0.341. The second-order valence-corrected chi connectivity index (χ2v) is 0.995. The van der Waals surface area contributed by atoms with Crippen LogP contribution in [0.5, 0.6) is 0 Å². The molecule has 0 aromatic rings. The molecule has 0 radical (unpaired) electrons. The second kappa shape index (κ2) is 9.07. The summed E-state index contributed by atoms with van der Waals surface area (Å²) in [7, 11) is 0. The van der Waals surface area contributed by atoms with Crippen LogP contribution >= 0.6 is 0 Å². The van der Waals surface area contributed by atoms with E-state index >= 15 is 0 Å². The van der Waals surface area contributed by atoms with Gasteiger partial charge in [0.05, 0.1) is 12.1 Å². The molecule has 0 aliphatic carbocycles. The van der Waals surface area contributed by atoms with E-state index in [1.807, 2.05) is 0 Å². The summed E-state index contributed by atoms with van der Waals surface area (Å²) in [6.45, 7) is 1.13. The molecule has 0 aromatic heterocycles. The van der Waals surface area contributed by atoms with Crippen LogP contribution in [0.2, 0.25) is 0 Å². The molecule has 0 saturated carbocycles. The van der Waals surface area contributed by atoms with E-state index in [9.17, 15) is 9.90 Å². The van der Waals surface area contributed by atoms with Crippen molar-refractivity contribution in [1.82, 2.24) is 0 Å². The molecule has 38 valence electrons. The van der Waals surface area contributed by atoms with Gasteiger partial charge in [0.25, 0.3) is 0 Å². The Morgan fingerprint density at radius 2 is 1.88 bits per heavy atom. The molecule has 1 atom stereocenters. The SMILES string of the molecule is CC(O)C(=O)[O-].[K+].[NaH]. The summed E-state index contributed by atoms with van der Waals surface area (Å²) in [6, 6.07) is 0. The Kier molecular flexibility index (Phi) is 18.8. The van der Waals surface area contributed by atoms with Gasteiger partial charge in [-0.25, -0.2) is 0 Å². The van der Waals surface area contributed by atoms with Crippen molar-refractivity contribution in [3.63, 3.8) is 0 Å². The first-order chi connectivity index (χ1) is 2.64. The number of aliphatic carboxylic acids is 1. The van der Waals surface area contributed by atoms with Crippen molar-refractivity contribution in [2.24, 2.45) is 0 Å². The summed E-state index contributed by atoms with van der Waals surface area (Å²) in [4.78, 5) is 9.34. The van der Waals surface area contributed by atoms with Gasteiger partial charge in [0.15, 0.2) is 0 Å². The Morgan fingerprint density at radius 3 is 1.88 bits per heavy atom. The quantitative estimate of drug-likeness (QED) is 0.381. The molecule has 0 spiro atoms. The predicted octanol–water partition coefficient (Wildman–Crippen LogP) is -5.53. The van der Waals surface area contributed by atoms with Crippen LogP contribution < -0.4 is 56.5 Å². The van der Waals surface area contributed by atoms with E-state index < -0.39 is 12.1 Å². The normalized spacial score (nSPS) is 10.2. The van der Waals surface area contributed by atoms with E-state index in [2.05, 4.69) is 0 Å². The fraction of sp³-hybridized carbons (Fsp3) is 0.667. The van der Waals surface area contributed by atoms with Crippen molar-refractivity contribution in [3.8, 4) is 0 Å². The molecule has 0 aliphatic rings. The summed E-state index contributed by atoms with van der Waals surface area (Å²) >= 11 is 0. The third kappa shape index (κ3) is 10.9. The van der Waals surface area contributed by atoms with Crippen LogP contribution in [0.4, 0.5) is 0 Å². The first-order valence-corrected chi connectivity index (χ1v) is 1.53. The first-order valence-electron chi connectivity index (χ1n) is 1.53. The Bertz CT molecular complexity index is 65.5. The summed E-state index contributed by atoms with van der Waals surface area (Å²) in [5.74, 6) is -1.44. The van der Waals surface area contributed by atoms with Crippen LogP contribution in [0.25, 0.3) is 0 Å². The van der Waals surface area contributed by atoms with Gasteiger partial charge in [-0.1, -0.05) is 0 Å². The van der Waals surface area contributed by atoms with Crippen molar-refractivity contribution < 1.29 is 66.4 Å².